The SMILES string of the molecule is OC1(c2cccc(C3CCC3)c2)CCCC(C2CC2)C1. The van der Waals surface area contributed by atoms with E-state index in [1.54, 1.807) is 0 Å². The third kappa shape index (κ3) is 2.30. The Morgan fingerprint density at radius 2 is 1.80 bits per heavy atom. The lowest BCUT2D eigenvalue weighted by Crippen LogP contribution is -2.33. The van der Waals surface area contributed by atoms with Gasteiger partial charge in [0, 0.05) is 0 Å². The molecule has 2 atom stereocenters. The highest BCUT2D eigenvalue weighted by molar-refractivity contribution is 5.32. The molecule has 0 bridgehead atoms. The van der Waals surface area contributed by atoms with Crippen LogP contribution >= 0.6 is 0 Å². The molecule has 0 heterocycles. The Bertz CT molecular complexity index is 486. The zero-order valence-electron chi connectivity index (χ0n) is 12.4. The zero-order chi connectivity index (χ0) is 13.6. The van der Waals surface area contributed by atoms with Crippen molar-refractivity contribution in [3.05, 3.63) is 35.4 Å². The van der Waals surface area contributed by atoms with E-state index in [2.05, 4.69) is 24.3 Å². The summed E-state index contributed by atoms with van der Waals surface area (Å²) < 4.78 is 0. The average molecular weight is 270 g/mol. The van der Waals surface area contributed by atoms with Gasteiger partial charge >= 0.3 is 0 Å². The molecule has 1 aromatic rings. The molecule has 0 amide bonds. The molecule has 3 aliphatic carbocycles. The summed E-state index contributed by atoms with van der Waals surface area (Å²) in [5, 5.41) is 11.2. The minimum Gasteiger partial charge on any atom is -0.385 e. The summed E-state index contributed by atoms with van der Waals surface area (Å²) in [7, 11) is 0. The minimum atomic E-state index is -0.536. The van der Waals surface area contributed by atoms with Crippen LogP contribution in [-0.4, -0.2) is 5.11 Å². The summed E-state index contributed by atoms with van der Waals surface area (Å²) in [6, 6.07) is 8.91. The van der Waals surface area contributed by atoms with E-state index >= 15 is 0 Å². The van der Waals surface area contributed by atoms with Gasteiger partial charge in [0.15, 0.2) is 0 Å². The van der Waals surface area contributed by atoms with Crippen LogP contribution in [0.3, 0.4) is 0 Å². The molecule has 0 aliphatic heterocycles. The largest absolute Gasteiger partial charge is 0.385 e. The second-order valence-corrected chi connectivity index (χ2v) is 7.48. The first-order valence-electron chi connectivity index (χ1n) is 8.57. The van der Waals surface area contributed by atoms with E-state index in [-0.39, 0.29) is 0 Å². The number of rotatable bonds is 3. The average Bonchev–Trinajstić information content (AvgIpc) is 3.21. The van der Waals surface area contributed by atoms with Gasteiger partial charge < -0.3 is 5.11 Å². The van der Waals surface area contributed by atoms with E-state index in [1.807, 2.05) is 0 Å². The molecule has 1 aromatic carbocycles. The van der Waals surface area contributed by atoms with Crippen molar-refractivity contribution >= 4 is 0 Å². The lowest BCUT2D eigenvalue weighted by atomic mass is 9.71. The smallest absolute Gasteiger partial charge is 0.0899 e. The van der Waals surface area contributed by atoms with Crippen molar-refractivity contribution in [1.82, 2.24) is 0 Å². The third-order valence-electron chi connectivity index (χ3n) is 6.05. The molecular weight excluding hydrogens is 244 g/mol. The van der Waals surface area contributed by atoms with Crippen molar-refractivity contribution in [3.63, 3.8) is 0 Å². The first-order chi connectivity index (χ1) is 9.74. The molecule has 1 N–H and O–H groups in total. The molecule has 4 rings (SSSR count). The predicted molar refractivity (Wildman–Crippen MR) is 81.6 cm³/mol. The third-order valence-corrected chi connectivity index (χ3v) is 6.05. The monoisotopic (exact) mass is 270 g/mol. The maximum Gasteiger partial charge on any atom is 0.0899 e. The lowest BCUT2D eigenvalue weighted by Gasteiger charge is -2.38. The highest BCUT2D eigenvalue weighted by Crippen LogP contribution is 2.50. The summed E-state index contributed by atoms with van der Waals surface area (Å²) in [5.41, 5.74) is 2.13. The van der Waals surface area contributed by atoms with Crippen LogP contribution in [0, 0.1) is 11.8 Å². The number of hydrogen-bond donors (Lipinski definition) is 1. The van der Waals surface area contributed by atoms with E-state index in [9.17, 15) is 5.11 Å². The van der Waals surface area contributed by atoms with E-state index in [0.29, 0.717) is 0 Å². The molecule has 1 nitrogen and oxygen atoms in total. The molecular formula is C19H26O. The second kappa shape index (κ2) is 4.87. The predicted octanol–water partition coefficient (Wildman–Crippen LogP) is 4.74. The van der Waals surface area contributed by atoms with Crippen molar-refractivity contribution in [3.8, 4) is 0 Å². The van der Waals surface area contributed by atoms with Crippen molar-refractivity contribution in [2.24, 2.45) is 11.8 Å². The first kappa shape index (κ1) is 12.9. The molecule has 1 heteroatoms. The van der Waals surface area contributed by atoms with Crippen LogP contribution in [0.5, 0.6) is 0 Å². The summed E-state index contributed by atoms with van der Waals surface area (Å²) in [4.78, 5) is 0. The molecule has 3 fully saturated rings. The fourth-order valence-corrected chi connectivity index (χ4v) is 4.35. The van der Waals surface area contributed by atoms with Gasteiger partial charge in [-0.15, -0.1) is 0 Å². The molecule has 0 aromatic heterocycles. The number of aliphatic hydroxyl groups is 1. The molecule has 2 unspecified atom stereocenters. The van der Waals surface area contributed by atoms with Gasteiger partial charge in [-0.3, -0.25) is 0 Å². The number of benzene rings is 1. The van der Waals surface area contributed by atoms with Crippen LogP contribution in [-0.2, 0) is 5.60 Å². The van der Waals surface area contributed by atoms with Crippen LogP contribution in [0.2, 0.25) is 0 Å². The van der Waals surface area contributed by atoms with Gasteiger partial charge in [-0.2, -0.15) is 0 Å². The van der Waals surface area contributed by atoms with Gasteiger partial charge in [0.1, 0.15) is 0 Å². The molecule has 108 valence electrons. The van der Waals surface area contributed by atoms with Gasteiger partial charge in [-0.1, -0.05) is 30.7 Å². The van der Waals surface area contributed by atoms with Gasteiger partial charge in [0.05, 0.1) is 5.60 Å². The van der Waals surface area contributed by atoms with E-state index in [1.165, 1.54) is 56.1 Å². The van der Waals surface area contributed by atoms with Gasteiger partial charge in [0.2, 0.25) is 0 Å². The number of hydrogen-bond acceptors (Lipinski definition) is 1. The molecule has 0 spiro atoms. The summed E-state index contributed by atoms with van der Waals surface area (Å²) >= 11 is 0. The van der Waals surface area contributed by atoms with Crippen LogP contribution in [0.25, 0.3) is 0 Å². The minimum absolute atomic E-state index is 0.536. The van der Waals surface area contributed by atoms with Crippen LogP contribution in [0.4, 0.5) is 0 Å². The Morgan fingerprint density at radius 1 is 0.950 bits per heavy atom. The van der Waals surface area contributed by atoms with E-state index in [4.69, 9.17) is 0 Å². The standard InChI is InChI=1S/C19H26O/c20-19(11-3-7-17(13-19)15-9-10-15)18-8-2-6-16(12-18)14-4-1-5-14/h2,6,8,12,14-15,17,20H,1,3-5,7,9-11,13H2. The molecule has 20 heavy (non-hydrogen) atoms. The highest BCUT2D eigenvalue weighted by Gasteiger charge is 2.42. The van der Waals surface area contributed by atoms with E-state index < -0.39 is 5.60 Å². The molecule has 0 radical (unpaired) electrons. The summed E-state index contributed by atoms with van der Waals surface area (Å²) in [6.45, 7) is 0. The van der Waals surface area contributed by atoms with Gasteiger partial charge in [-0.05, 0) is 80.2 Å². The molecule has 3 aliphatic rings. The van der Waals surface area contributed by atoms with Crippen LogP contribution in [0.1, 0.15) is 74.8 Å². The fraction of sp³-hybridized carbons (Fsp3) is 0.684. The van der Waals surface area contributed by atoms with Crippen molar-refractivity contribution in [2.75, 3.05) is 0 Å². The Balaban J connectivity index is 1.57. The maximum atomic E-state index is 11.2. The summed E-state index contributed by atoms with van der Waals surface area (Å²) in [6.07, 6.45) is 11.4. The normalized spacial score (nSPS) is 34.8. The maximum absolute atomic E-state index is 11.2. The van der Waals surface area contributed by atoms with Crippen molar-refractivity contribution in [1.29, 1.82) is 0 Å². The zero-order valence-corrected chi connectivity index (χ0v) is 12.4. The quantitative estimate of drug-likeness (QED) is 0.841. The Hall–Kier alpha value is -0.820. The van der Waals surface area contributed by atoms with E-state index in [0.717, 1.165) is 30.6 Å². The second-order valence-electron chi connectivity index (χ2n) is 7.48. The molecule has 0 saturated heterocycles. The molecule has 3 saturated carbocycles. The van der Waals surface area contributed by atoms with Crippen molar-refractivity contribution < 1.29 is 5.11 Å². The van der Waals surface area contributed by atoms with Gasteiger partial charge in [-0.25, -0.2) is 0 Å². The summed E-state index contributed by atoms with van der Waals surface area (Å²) in [5.74, 6) is 2.47. The van der Waals surface area contributed by atoms with Crippen LogP contribution in [0.15, 0.2) is 24.3 Å². The topological polar surface area (TPSA) is 20.2 Å². The Labute approximate surface area is 122 Å². The Morgan fingerprint density at radius 3 is 2.50 bits per heavy atom. The van der Waals surface area contributed by atoms with Gasteiger partial charge in [0.25, 0.3) is 0 Å². The highest BCUT2D eigenvalue weighted by atomic mass is 16.3. The van der Waals surface area contributed by atoms with Crippen molar-refractivity contribution in [2.45, 2.75) is 69.3 Å². The lowest BCUT2D eigenvalue weighted by molar-refractivity contribution is -0.0252. The Kier molecular flexibility index (Phi) is 3.14. The first-order valence-corrected chi connectivity index (χ1v) is 8.57. The fourth-order valence-electron chi connectivity index (χ4n) is 4.35. The van der Waals surface area contributed by atoms with Crippen LogP contribution < -0.4 is 0 Å².